The van der Waals surface area contributed by atoms with Gasteiger partial charge in [0.25, 0.3) is 0 Å². The molecular weight excluding hydrogens is 467 g/mol. The fraction of sp³-hybridized carbons (Fsp3) is 0.760. The molecule has 0 radical (unpaired) electrons. The van der Waals surface area contributed by atoms with Crippen molar-refractivity contribution in [3.05, 3.63) is 24.3 Å². The molecule has 0 spiro atoms. The van der Waals surface area contributed by atoms with Crippen molar-refractivity contribution in [2.75, 3.05) is 12.4 Å². The molecule has 0 unspecified atom stereocenters. The Morgan fingerprint density at radius 3 is 1.86 bits per heavy atom. The van der Waals surface area contributed by atoms with Gasteiger partial charge >= 0.3 is 185 Å². The number of thioether (sulfide) groups is 1. The molecule has 28 heavy (non-hydrogen) atoms. The molecule has 1 nitrogen and oxygen atoms in total. The molecule has 0 aliphatic carbocycles. The molecule has 1 aromatic carbocycles. The van der Waals surface area contributed by atoms with Crippen LogP contribution in [0.1, 0.15) is 86.5 Å². The summed E-state index contributed by atoms with van der Waals surface area (Å²) in [5.74, 6) is 1.17. The zero-order chi connectivity index (χ0) is 20.9. The Balaban J connectivity index is 2.95. The molecule has 0 aromatic heterocycles. The molecule has 162 valence electrons. The van der Waals surface area contributed by atoms with Gasteiger partial charge in [0.05, 0.1) is 0 Å². The fourth-order valence-electron chi connectivity index (χ4n) is 3.97. The van der Waals surface area contributed by atoms with Gasteiger partial charge in [-0.05, 0) is 0 Å². The van der Waals surface area contributed by atoms with Crippen molar-refractivity contribution < 1.29 is 4.74 Å². The van der Waals surface area contributed by atoms with Crippen LogP contribution in [-0.4, -0.2) is 36.3 Å². The van der Waals surface area contributed by atoms with Crippen LogP contribution in [-0.2, 0) is 4.74 Å². The number of hydrogen-bond acceptors (Lipinski definition) is 2. The van der Waals surface area contributed by atoms with Gasteiger partial charge in [0.2, 0.25) is 0 Å². The first-order valence-electron chi connectivity index (χ1n) is 11.7. The van der Waals surface area contributed by atoms with Gasteiger partial charge in [-0.3, -0.25) is 0 Å². The van der Waals surface area contributed by atoms with E-state index < -0.39 is 18.4 Å². The summed E-state index contributed by atoms with van der Waals surface area (Å²) in [6.45, 7) is 14.4. The van der Waals surface area contributed by atoms with Gasteiger partial charge in [-0.25, -0.2) is 0 Å². The number of hydrogen-bond donors (Lipinski definition) is 0. The van der Waals surface area contributed by atoms with Gasteiger partial charge in [0.15, 0.2) is 0 Å². The van der Waals surface area contributed by atoms with Crippen LogP contribution in [0.5, 0.6) is 0 Å². The molecule has 0 bridgehead atoms. The Morgan fingerprint density at radius 1 is 0.821 bits per heavy atom. The summed E-state index contributed by atoms with van der Waals surface area (Å²) < 4.78 is 12.4. The fourth-order valence-corrected chi connectivity index (χ4v) is 23.2. The molecule has 0 N–H and O–H groups in total. The predicted molar refractivity (Wildman–Crippen MR) is 132 cm³/mol. The topological polar surface area (TPSA) is 9.23 Å². The standard InChI is InChI=1S/C13H19OS.3C4H9.Sn/c1-13(2,3)14-10-7-11-15-12-8-5-4-6-9-12;3*1-3-4-2;/h4-6,8H,7,10-11H2,1-3H3;3*1,3-4H2,2H3;. The second-order valence-corrected chi connectivity index (χ2v) is 23.5. The second-order valence-electron chi connectivity index (χ2n) is 9.25. The quantitative estimate of drug-likeness (QED) is 0.133. The first-order chi connectivity index (χ1) is 13.4. The molecule has 0 atom stereocenters. The van der Waals surface area contributed by atoms with E-state index in [0.717, 1.165) is 13.0 Å². The summed E-state index contributed by atoms with van der Waals surface area (Å²) in [5, 5.41) is 0. The Hall–Kier alpha value is 0.329. The van der Waals surface area contributed by atoms with Crippen LogP contribution in [0.15, 0.2) is 29.2 Å². The third-order valence-corrected chi connectivity index (χ3v) is 23.0. The maximum atomic E-state index is 5.92. The minimum absolute atomic E-state index is 0.0192. The summed E-state index contributed by atoms with van der Waals surface area (Å²) in [5.41, 5.74) is -0.0192. The van der Waals surface area contributed by atoms with E-state index in [-0.39, 0.29) is 5.60 Å². The molecule has 0 fully saturated rings. The van der Waals surface area contributed by atoms with E-state index in [9.17, 15) is 0 Å². The molecule has 0 saturated heterocycles. The van der Waals surface area contributed by atoms with E-state index in [1.54, 1.807) is 18.2 Å². The third kappa shape index (κ3) is 9.89. The summed E-state index contributed by atoms with van der Waals surface area (Å²) >= 11 is -0.253. The first-order valence-corrected chi connectivity index (χ1v) is 20.2. The van der Waals surface area contributed by atoms with E-state index in [1.807, 2.05) is 3.58 Å². The molecule has 0 heterocycles. The van der Waals surface area contributed by atoms with Crippen LogP contribution in [0.25, 0.3) is 0 Å². The Morgan fingerprint density at radius 2 is 1.36 bits per heavy atom. The van der Waals surface area contributed by atoms with Crippen molar-refractivity contribution in [2.24, 2.45) is 0 Å². The van der Waals surface area contributed by atoms with E-state index in [2.05, 4.69) is 77.6 Å². The number of unbranched alkanes of at least 4 members (excludes halogenated alkanes) is 3. The zero-order valence-electron chi connectivity index (χ0n) is 19.6. The second kappa shape index (κ2) is 14.4. The zero-order valence-corrected chi connectivity index (χ0v) is 23.3. The van der Waals surface area contributed by atoms with E-state index >= 15 is 0 Å². The molecule has 0 saturated carbocycles. The molecule has 0 amide bonds. The first kappa shape index (κ1) is 26.4. The van der Waals surface area contributed by atoms with Gasteiger partial charge in [-0.1, -0.05) is 0 Å². The third-order valence-electron chi connectivity index (χ3n) is 5.57. The molecule has 0 aliphatic heterocycles. The Bertz CT molecular complexity index is 502. The van der Waals surface area contributed by atoms with Crippen molar-refractivity contribution in [1.82, 2.24) is 0 Å². The van der Waals surface area contributed by atoms with E-state index in [0.29, 0.717) is 0 Å². The summed E-state index contributed by atoms with van der Waals surface area (Å²) in [4.78, 5) is 1.61. The van der Waals surface area contributed by atoms with E-state index in [4.69, 9.17) is 4.74 Å². The average Bonchev–Trinajstić information content (AvgIpc) is 2.67. The van der Waals surface area contributed by atoms with Gasteiger partial charge < -0.3 is 0 Å². The molecule has 1 rings (SSSR count). The molecule has 0 aliphatic rings. The average molecular weight is 513 g/mol. The molecule has 3 heteroatoms. The Kier molecular flexibility index (Phi) is 13.5. The van der Waals surface area contributed by atoms with Crippen LogP contribution < -0.4 is 3.58 Å². The SMILES string of the molecule is CCC[CH2][Sn]([CH2]CCC)([CH2]CCC)[c]1ccccc1SCCCOC(C)(C)C. The summed E-state index contributed by atoms with van der Waals surface area (Å²) in [6, 6.07) is 9.52. The van der Waals surface area contributed by atoms with Crippen LogP contribution in [0.2, 0.25) is 13.3 Å². The van der Waals surface area contributed by atoms with Crippen LogP contribution in [0.4, 0.5) is 0 Å². The predicted octanol–water partition coefficient (Wildman–Crippen LogP) is 8.04. The molecular formula is C25H46OSSn. The number of benzene rings is 1. The van der Waals surface area contributed by atoms with Gasteiger partial charge in [0.1, 0.15) is 0 Å². The van der Waals surface area contributed by atoms with Crippen molar-refractivity contribution in [3.63, 3.8) is 0 Å². The van der Waals surface area contributed by atoms with Gasteiger partial charge in [-0.15, -0.1) is 0 Å². The minimum atomic E-state index is -2.35. The Labute approximate surface area is 184 Å². The summed E-state index contributed by atoms with van der Waals surface area (Å²) in [6.07, 6.45) is 9.46. The van der Waals surface area contributed by atoms with Crippen molar-refractivity contribution in [1.29, 1.82) is 0 Å². The van der Waals surface area contributed by atoms with Crippen LogP contribution in [0, 0.1) is 0 Å². The van der Waals surface area contributed by atoms with Crippen molar-refractivity contribution >= 4 is 33.7 Å². The summed E-state index contributed by atoms with van der Waals surface area (Å²) in [7, 11) is 0. The normalized spacial score (nSPS) is 12.5. The number of ether oxygens (including phenoxy) is 1. The van der Waals surface area contributed by atoms with E-state index in [1.165, 1.54) is 44.3 Å². The van der Waals surface area contributed by atoms with Crippen LogP contribution in [0.3, 0.4) is 0 Å². The van der Waals surface area contributed by atoms with Crippen molar-refractivity contribution in [3.8, 4) is 0 Å². The van der Waals surface area contributed by atoms with Gasteiger partial charge in [-0.2, -0.15) is 0 Å². The maximum absolute atomic E-state index is 5.92. The number of rotatable bonds is 15. The van der Waals surface area contributed by atoms with Crippen molar-refractivity contribution in [2.45, 2.75) is 110 Å². The van der Waals surface area contributed by atoms with Crippen LogP contribution >= 0.6 is 11.8 Å². The monoisotopic (exact) mass is 514 g/mol. The molecule has 1 aromatic rings. The van der Waals surface area contributed by atoms with Gasteiger partial charge in [0, 0.05) is 0 Å².